The van der Waals surface area contributed by atoms with Gasteiger partial charge in [0.15, 0.2) is 0 Å². The minimum Gasteiger partial charge on any atom is -0.198 e. The maximum Gasteiger partial charge on any atom is 0.0667 e. The van der Waals surface area contributed by atoms with Crippen molar-refractivity contribution >= 4 is 11.8 Å². The Hall–Kier alpha value is -0.160. The van der Waals surface area contributed by atoms with Crippen molar-refractivity contribution in [1.82, 2.24) is 0 Å². The number of thioether (sulfide) groups is 1. The topological polar surface area (TPSA) is 23.8 Å². The second-order valence-electron chi connectivity index (χ2n) is 5.59. The number of rotatable bonds is 6. The lowest BCUT2D eigenvalue weighted by molar-refractivity contribution is 0.306. The van der Waals surface area contributed by atoms with Crippen molar-refractivity contribution in [2.45, 2.75) is 64.5 Å². The molecule has 4 unspecified atom stereocenters. The molecule has 0 aliphatic heterocycles. The first-order valence-corrected chi connectivity index (χ1v) is 8.27. The van der Waals surface area contributed by atoms with Crippen LogP contribution in [0, 0.1) is 29.1 Å². The lowest BCUT2D eigenvalue weighted by atomic mass is 9.80. The summed E-state index contributed by atoms with van der Waals surface area (Å²) in [5.41, 5.74) is 0. The van der Waals surface area contributed by atoms with Crippen molar-refractivity contribution in [2.24, 2.45) is 17.8 Å². The molecule has 4 atom stereocenters. The summed E-state index contributed by atoms with van der Waals surface area (Å²) in [5, 5.41) is 9.85. The fourth-order valence-corrected chi connectivity index (χ4v) is 4.27. The maximum absolute atomic E-state index is 9.24. The van der Waals surface area contributed by atoms with Gasteiger partial charge in [0.2, 0.25) is 0 Å². The molecule has 98 valence electrons. The van der Waals surface area contributed by atoms with E-state index in [1.807, 2.05) is 0 Å². The molecule has 0 heterocycles. The van der Waals surface area contributed by atoms with Crippen LogP contribution in [0.3, 0.4) is 0 Å². The highest BCUT2D eigenvalue weighted by molar-refractivity contribution is 7.99. The van der Waals surface area contributed by atoms with Crippen molar-refractivity contribution in [3.05, 3.63) is 0 Å². The molecule has 2 heteroatoms. The van der Waals surface area contributed by atoms with Gasteiger partial charge >= 0.3 is 0 Å². The van der Waals surface area contributed by atoms with E-state index in [4.69, 9.17) is 0 Å². The number of hydrogen-bond donors (Lipinski definition) is 0. The van der Waals surface area contributed by atoms with Gasteiger partial charge in [-0.25, -0.2) is 0 Å². The molecule has 0 bridgehead atoms. The van der Waals surface area contributed by atoms with Crippen molar-refractivity contribution in [3.8, 4) is 6.07 Å². The van der Waals surface area contributed by atoms with Crippen LogP contribution in [0.1, 0.15) is 59.3 Å². The van der Waals surface area contributed by atoms with E-state index in [1.54, 1.807) is 0 Å². The summed E-state index contributed by atoms with van der Waals surface area (Å²) in [6.45, 7) is 6.85. The Labute approximate surface area is 111 Å². The molecule has 0 aromatic rings. The fraction of sp³-hybridized carbons (Fsp3) is 0.933. The third-order valence-electron chi connectivity index (χ3n) is 4.05. The van der Waals surface area contributed by atoms with Crippen LogP contribution in [0.15, 0.2) is 0 Å². The van der Waals surface area contributed by atoms with Crippen molar-refractivity contribution in [2.75, 3.05) is 5.75 Å². The first-order valence-electron chi connectivity index (χ1n) is 7.22. The summed E-state index contributed by atoms with van der Waals surface area (Å²) >= 11 is 2.07. The molecule has 0 radical (unpaired) electrons. The summed E-state index contributed by atoms with van der Waals surface area (Å²) in [7, 11) is 0. The van der Waals surface area contributed by atoms with E-state index >= 15 is 0 Å². The Morgan fingerprint density at radius 3 is 2.71 bits per heavy atom. The van der Waals surface area contributed by atoms with Crippen molar-refractivity contribution in [1.29, 1.82) is 5.26 Å². The average Bonchev–Trinajstić information content (AvgIpc) is 2.36. The summed E-state index contributed by atoms with van der Waals surface area (Å²) in [5.74, 6) is 3.24. The Bertz CT molecular complexity index is 246. The number of nitriles is 1. The molecule has 0 amide bonds. The molecule has 1 aliphatic rings. The second kappa shape index (κ2) is 8.03. The number of hydrogen-bond acceptors (Lipinski definition) is 2. The van der Waals surface area contributed by atoms with Crippen LogP contribution >= 0.6 is 11.8 Å². The summed E-state index contributed by atoms with van der Waals surface area (Å²) in [6, 6.07) is 2.54. The Morgan fingerprint density at radius 2 is 2.12 bits per heavy atom. The molecule has 0 aromatic carbocycles. The van der Waals surface area contributed by atoms with E-state index in [0.717, 1.165) is 18.3 Å². The van der Waals surface area contributed by atoms with Crippen LogP contribution in [0.2, 0.25) is 0 Å². The zero-order chi connectivity index (χ0) is 12.7. The third kappa shape index (κ3) is 4.92. The van der Waals surface area contributed by atoms with Crippen LogP contribution in [-0.4, -0.2) is 11.0 Å². The molecule has 1 fully saturated rings. The summed E-state index contributed by atoms with van der Waals surface area (Å²) < 4.78 is 0. The van der Waals surface area contributed by atoms with Gasteiger partial charge in [-0.05, 0) is 36.9 Å². The zero-order valence-corrected chi connectivity index (χ0v) is 12.4. The van der Waals surface area contributed by atoms with Crippen LogP contribution < -0.4 is 0 Å². The van der Waals surface area contributed by atoms with E-state index in [0.29, 0.717) is 11.2 Å². The smallest absolute Gasteiger partial charge is 0.0667 e. The minimum absolute atomic E-state index is 0.317. The molecule has 0 N–H and O–H groups in total. The van der Waals surface area contributed by atoms with Gasteiger partial charge in [0, 0.05) is 5.25 Å². The van der Waals surface area contributed by atoms with Gasteiger partial charge in [0.1, 0.15) is 0 Å². The summed E-state index contributed by atoms with van der Waals surface area (Å²) in [4.78, 5) is 0. The van der Waals surface area contributed by atoms with Gasteiger partial charge < -0.3 is 0 Å². The quantitative estimate of drug-likeness (QED) is 0.674. The molecule has 0 spiro atoms. The molecule has 0 aromatic heterocycles. The van der Waals surface area contributed by atoms with Crippen molar-refractivity contribution < 1.29 is 0 Å². The SMILES string of the molecule is CCCC1CCC(C#N)C(SCC(C)CC)C1. The highest BCUT2D eigenvalue weighted by Gasteiger charge is 2.30. The first kappa shape index (κ1) is 14.9. The monoisotopic (exact) mass is 253 g/mol. The van der Waals surface area contributed by atoms with E-state index < -0.39 is 0 Å². The van der Waals surface area contributed by atoms with Crippen LogP contribution in [0.25, 0.3) is 0 Å². The molecule has 0 saturated heterocycles. The predicted molar refractivity (Wildman–Crippen MR) is 77.1 cm³/mol. The molecular formula is C15H27NS. The number of nitrogens with zero attached hydrogens (tertiary/aromatic N) is 1. The van der Waals surface area contributed by atoms with E-state index in [1.165, 1.54) is 37.9 Å². The molecule has 1 aliphatic carbocycles. The van der Waals surface area contributed by atoms with Crippen molar-refractivity contribution in [3.63, 3.8) is 0 Å². The van der Waals surface area contributed by atoms with Crippen LogP contribution in [0.5, 0.6) is 0 Å². The Kier molecular flexibility index (Phi) is 7.04. The van der Waals surface area contributed by atoms with Crippen LogP contribution in [0.4, 0.5) is 0 Å². The molecule has 1 nitrogen and oxygen atoms in total. The maximum atomic E-state index is 9.24. The van der Waals surface area contributed by atoms with Gasteiger partial charge in [-0.1, -0.05) is 40.0 Å². The van der Waals surface area contributed by atoms with E-state index in [-0.39, 0.29) is 0 Å². The summed E-state index contributed by atoms with van der Waals surface area (Å²) in [6.07, 6.45) is 7.62. The zero-order valence-electron chi connectivity index (χ0n) is 11.6. The Morgan fingerprint density at radius 1 is 1.35 bits per heavy atom. The molecule has 17 heavy (non-hydrogen) atoms. The van der Waals surface area contributed by atoms with Gasteiger partial charge in [-0.3, -0.25) is 0 Å². The van der Waals surface area contributed by atoms with Gasteiger partial charge in [-0.2, -0.15) is 17.0 Å². The van der Waals surface area contributed by atoms with Gasteiger partial charge in [-0.15, -0.1) is 0 Å². The average molecular weight is 253 g/mol. The van der Waals surface area contributed by atoms with Crippen LogP contribution in [-0.2, 0) is 0 Å². The Balaban J connectivity index is 2.43. The fourth-order valence-electron chi connectivity index (χ4n) is 2.62. The lowest BCUT2D eigenvalue weighted by Crippen LogP contribution is -2.27. The highest BCUT2D eigenvalue weighted by atomic mass is 32.2. The van der Waals surface area contributed by atoms with E-state index in [2.05, 4.69) is 38.6 Å². The van der Waals surface area contributed by atoms with Gasteiger partial charge in [0.25, 0.3) is 0 Å². The highest BCUT2D eigenvalue weighted by Crippen LogP contribution is 2.38. The first-order chi connectivity index (χ1) is 8.21. The van der Waals surface area contributed by atoms with Gasteiger partial charge in [0.05, 0.1) is 12.0 Å². The second-order valence-corrected chi connectivity index (χ2v) is 6.86. The minimum atomic E-state index is 0.317. The largest absolute Gasteiger partial charge is 0.198 e. The standard InChI is InChI=1S/C15H27NS/c1-4-6-13-7-8-14(10-16)15(9-13)17-11-12(3)5-2/h12-15H,4-9,11H2,1-3H3. The lowest BCUT2D eigenvalue weighted by Gasteiger charge is -2.32. The molecule has 1 saturated carbocycles. The molecular weight excluding hydrogens is 226 g/mol. The normalized spacial score (nSPS) is 30.8. The third-order valence-corrected chi connectivity index (χ3v) is 5.77. The van der Waals surface area contributed by atoms with E-state index in [9.17, 15) is 5.26 Å². The molecule has 1 rings (SSSR count). The predicted octanol–water partition coefficient (Wildman–Crippen LogP) is 4.87.